The van der Waals surface area contributed by atoms with Crippen LogP contribution in [0.5, 0.6) is 0 Å². The van der Waals surface area contributed by atoms with Crippen LogP contribution in [0, 0.1) is 5.41 Å². The van der Waals surface area contributed by atoms with Crippen molar-refractivity contribution >= 4 is 22.9 Å². The molecule has 4 heteroatoms. The summed E-state index contributed by atoms with van der Waals surface area (Å²) in [6.45, 7) is 6.24. The summed E-state index contributed by atoms with van der Waals surface area (Å²) < 4.78 is 0. The number of allylic oxidation sites excluding steroid dienone is 1. The van der Waals surface area contributed by atoms with Gasteiger partial charge in [-0.05, 0) is 23.6 Å². The van der Waals surface area contributed by atoms with Crippen molar-refractivity contribution in [3.05, 3.63) is 11.0 Å². The van der Waals surface area contributed by atoms with Crippen molar-refractivity contribution in [3.8, 4) is 0 Å². The van der Waals surface area contributed by atoms with Crippen LogP contribution in [0.3, 0.4) is 0 Å². The normalized spacial score (nSPS) is 20.4. The van der Waals surface area contributed by atoms with E-state index in [1.165, 1.54) is 0 Å². The van der Waals surface area contributed by atoms with E-state index in [9.17, 15) is 9.59 Å². The quantitative estimate of drug-likeness (QED) is 0.733. The first-order valence-corrected chi connectivity index (χ1v) is 5.52. The third kappa shape index (κ3) is 2.87. The molecule has 1 saturated heterocycles. The fourth-order valence-corrected chi connectivity index (χ4v) is 2.36. The fraction of sp³-hybridized carbons (Fsp3) is 0.600. The van der Waals surface area contributed by atoms with Gasteiger partial charge in [-0.1, -0.05) is 33.3 Å². The molecule has 1 heterocycles. The number of carbonyl (C=O) groups is 2. The fourth-order valence-electron chi connectivity index (χ4n) is 1.49. The van der Waals surface area contributed by atoms with Crippen LogP contribution in [0.25, 0.3) is 0 Å². The third-order valence-electron chi connectivity index (χ3n) is 2.06. The van der Waals surface area contributed by atoms with Crippen molar-refractivity contribution in [2.75, 3.05) is 0 Å². The number of rotatable bonds is 3. The lowest BCUT2D eigenvalue weighted by Crippen LogP contribution is -2.19. The van der Waals surface area contributed by atoms with Crippen LogP contribution in [0.2, 0.25) is 0 Å². The van der Waals surface area contributed by atoms with E-state index in [1.807, 2.05) is 6.08 Å². The molecule has 0 aromatic carbocycles. The van der Waals surface area contributed by atoms with Gasteiger partial charge in [0.1, 0.15) is 0 Å². The summed E-state index contributed by atoms with van der Waals surface area (Å²) in [5.41, 5.74) is -0.0148. The molecule has 3 nitrogen and oxygen atoms in total. The summed E-state index contributed by atoms with van der Waals surface area (Å²) in [6.07, 6.45) is 3.97. The smallest absolute Gasteiger partial charge is 0.282 e. The lowest BCUT2D eigenvalue weighted by Gasteiger charge is -2.19. The van der Waals surface area contributed by atoms with Crippen LogP contribution in [-0.2, 0) is 4.79 Å². The van der Waals surface area contributed by atoms with E-state index in [4.69, 9.17) is 0 Å². The monoisotopic (exact) mass is 213 g/mol. The zero-order chi connectivity index (χ0) is 10.8. The van der Waals surface area contributed by atoms with Gasteiger partial charge in [-0.3, -0.25) is 14.9 Å². The minimum atomic E-state index is -0.270. The predicted octanol–water partition coefficient (Wildman–Crippen LogP) is 2.68. The zero-order valence-electron chi connectivity index (χ0n) is 8.72. The Balaban J connectivity index is 2.77. The zero-order valence-corrected chi connectivity index (χ0v) is 9.53. The van der Waals surface area contributed by atoms with Crippen molar-refractivity contribution in [2.45, 2.75) is 33.6 Å². The highest BCUT2D eigenvalue weighted by molar-refractivity contribution is 8.18. The Labute approximate surface area is 88.3 Å². The van der Waals surface area contributed by atoms with Gasteiger partial charge in [0, 0.05) is 0 Å². The number of carbonyl (C=O) groups excluding carboxylic acids is 2. The Bertz CT molecular complexity index is 294. The average molecular weight is 213 g/mol. The van der Waals surface area contributed by atoms with Gasteiger partial charge in [0.2, 0.25) is 0 Å². The van der Waals surface area contributed by atoms with Gasteiger partial charge >= 0.3 is 0 Å². The summed E-state index contributed by atoms with van der Waals surface area (Å²) in [4.78, 5) is 22.7. The van der Waals surface area contributed by atoms with Crippen molar-refractivity contribution in [1.82, 2.24) is 5.32 Å². The number of thioether (sulfide) groups is 1. The van der Waals surface area contributed by atoms with E-state index in [0.29, 0.717) is 4.91 Å². The molecule has 0 aromatic heterocycles. The first-order chi connectivity index (χ1) is 6.44. The maximum Gasteiger partial charge on any atom is 0.290 e. The molecule has 2 amide bonds. The van der Waals surface area contributed by atoms with Gasteiger partial charge in [0.15, 0.2) is 0 Å². The second kappa shape index (κ2) is 4.17. The number of imide groups is 1. The van der Waals surface area contributed by atoms with Crippen LogP contribution < -0.4 is 5.32 Å². The molecule has 0 aromatic rings. The molecule has 1 N–H and O–H groups in total. The molecule has 1 rings (SSSR count). The Morgan fingerprint density at radius 1 is 1.43 bits per heavy atom. The van der Waals surface area contributed by atoms with Crippen molar-refractivity contribution in [2.24, 2.45) is 5.41 Å². The average Bonchev–Trinajstić information content (AvgIpc) is 2.28. The summed E-state index contributed by atoms with van der Waals surface area (Å²) >= 11 is 0.988. The Morgan fingerprint density at radius 3 is 2.50 bits per heavy atom. The van der Waals surface area contributed by atoms with Crippen LogP contribution in [-0.4, -0.2) is 11.1 Å². The summed E-state index contributed by atoms with van der Waals surface area (Å²) in [5, 5.41) is 1.98. The molecular formula is C10H15NO2S. The van der Waals surface area contributed by atoms with Crippen molar-refractivity contribution in [3.63, 3.8) is 0 Å². The molecular weight excluding hydrogens is 198 g/mol. The summed E-state index contributed by atoms with van der Waals surface area (Å²) in [7, 11) is 0. The second-order valence-electron chi connectivity index (χ2n) is 4.09. The lowest BCUT2D eigenvalue weighted by molar-refractivity contribution is -0.115. The number of hydrogen-bond acceptors (Lipinski definition) is 3. The first-order valence-electron chi connectivity index (χ1n) is 4.70. The van der Waals surface area contributed by atoms with Crippen molar-refractivity contribution < 1.29 is 9.59 Å². The van der Waals surface area contributed by atoms with Crippen LogP contribution in [0.4, 0.5) is 4.79 Å². The lowest BCUT2D eigenvalue weighted by atomic mass is 9.87. The Hall–Kier alpha value is -0.770. The molecule has 0 atom stereocenters. The predicted molar refractivity (Wildman–Crippen MR) is 57.9 cm³/mol. The largest absolute Gasteiger partial charge is 0.290 e. The SMILES string of the molecule is CCCC(C)(C)/C=C1/SC(=O)NC1=O. The van der Waals surface area contributed by atoms with E-state index in [2.05, 4.69) is 26.1 Å². The van der Waals surface area contributed by atoms with Gasteiger partial charge in [0.25, 0.3) is 11.1 Å². The van der Waals surface area contributed by atoms with Crippen molar-refractivity contribution in [1.29, 1.82) is 0 Å². The molecule has 1 aliphatic heterocycles. The van der Waals surface area contributed by atoms with E-state index in [0.717, 1.165) is 24.6 Å². The Morgan fingerprint density at radius 2 is 2.07 bits per heavy atom. The highest BCUT2D eigenvalue weighted by Crippen LogP contribution is 2.31. The topological polar surface area (TPSA) is 46.2 Å². The minimum absolute atomic E-state index is 0.0148. The van der Waals surface area contributed by atoms with Gasteiger partial charge in [-0.2, -0.15) is 0 Å². The Kier molecular flexibility index (Phi) is 3.37. The van der Waals surface area contributed by atoms with Crippen LogP contribution in [0.1, 0.15) is 33.6 Å². The summed E-state index contributed by atoms with van der Waals surface area (Å²) in [6, 6.07) is 0. The van der Waals surface area contributed by atoms with Gasteiger partial charge < -0.3 is 0 Å². The van der Waals surface area contributed by atoms with Gasteiger partial charge in [0.05, 0.1) is 4.91 Å². The highest BCUT2D eigenvalue weighted by Gasteiger charge is 2.27. The number of amides is 2. The first kappa shape index (κ1) is 11.3. The number of nitrogens with one attached hydrogen (secondary N) is 1. The van der Waals surface area contributed by atoms with Gasteiger partial charge in [-0.15, -0.1) is 0 Å². The molecule has 0 spiro atoms. The van der Waals surface area contributed by atoms with E-state index >= 15 is 0 Å². The molecule has 0 aliphatic carbocycles. The molecule has 1 fully saturated rings. The van der Waals surface area contributed by atoms with E-state index in [-0.39, 0.29) is 16.6 Å². The van der Waals surface area contributed by atoms with E-state index in [1.54, 1.807) is 0 Å². The number of hydrogen-bond donors (Lipinski definition) is 1. The molecule has 78 valence electrons. The maximum atomic E-state index is 11.2. The van der Waals surface area contributed by atoms with Gasteiger partial charge in [-0.25, -0.2) is 0 Å². The molecule has 0 radical (unpaired) electrons. The summed E-state index contributed by atoms with van der Waals surface area (Å²) in [5.74, 6) is -0.260. The van der Waals surface area contributed by atoms with E-state index < -0.39 is 0 Å². The third-order valence-corrected chi connectivity index (χ3v) is 2.87. The standard InChI is InChI=1S/C10H15NO2S/c1-4-5-10(2,3)6-7-8(12)11-9(13)14-7/h6H,4-5H2,1-3H3,(H,11,12,13)/b7-6+. The molecule has 0 bridgehead atoms. The highest BCUT2D eigenvalue weighted by atomic mass is 32.2. The van der Waals surface area contributed by atoms with Crippen LogP contribution >= 0.6 is 11.8 Å². The maximum absolute atomic E-state index is 11.2. The van der Waals surface area contributed by atoms with Crippen LogP contribution in [0.15, 0.2) is 11.0 Å². The molecule has 0 unspecified atom stereocenters. The molecule has 1 aliphatic rings. The molecule has 14 heavy (non-hydrogen) atoms. The second-order valence-corrected chi connectivity index (χ2v) is 5.11. The molecule has 0 saturated carbocycles. The minimum Gasteiger partial charge on any atom is -0.282 e.